The van der Waals surface area contributed by atoms with E-state index in [1.54, 1.807) is 0 Å². The summed E-state index contributed by atoms with van der Waals surface area (Å²) in [6, 6.07) is 0. The Hall–Kier alpha value is -3.49. The fraction of sp³-hybridized carbons (Fsp3) is 0.632. The number of carbonyl (C=O) groups is 2. The molecule has 8 N–H and O–H groups in total. The van der Waals surface area contributed by atoms with Gasteiger partial charge < -0.3 is 49.3 Å². The maximum absolute atomic E-state index is 13.0. The second-order valence-electron chi connectivity index (χ2n) is 13.0. The summed E-state index contributed by atoms with van der Waals surface area (Å²) in [5.74, 6) is 22.8. The van der Waals surface area contributed by atoms with Crippen molar-refractivity contribution < 1.29 is 90.6 Å². The number of aliphatic hydroxyl groups is 3. The molecule has 1 aliphatic carbocycles. The van der Waals surface area contributed by atoms with Crippen LogP contribution < -0.4 is 0 Å². The molecule has 0 bridgehead atoms. The molecule has 1 rings (SSSR count). The number of hydrogen-bond donors (Lipinski definition) is 8. The Bertz CT molecular complexity index is 1880. The first-order valence-electron chi connectivity index (χ1n) is 18.8. The van der Waals surface area contributed by atoms with Crippen molar-refractivity contribution in [2.75, 3.05) is 13.2 Å². The number of carbonyl (C=O) groups excluding carboxylic acids is 2. The van der Waals surface area contributed by atoms with E-state index in [0.29, 0.717) is 12.8 Å². The smallest absolute Gasteiger partial charge is 0.456 e. The molecule has 1 aliphatic rings. The predicted octanol–water partition coefficient (Wildman–Crippen LogP) is 2.13. The molecule has 332 valence electrons. The summed E-state index contributed by atoms with van der Waals surface area (Å²) in [6.07, 6.45) is 1.93. The van der Waals surface area contributed by atoms with E-state index in [0.717, 1.165) is 25.7 Å². The van der Waals surface area contributed by atoms with Gasteiger partial charge in [0, 0.05) is 12.3 Å². The molecule has 8 atom stereocenters. The van der Waals surface area contributed by atoms with Crippen LogP contribution >= 0.6 is 23.5 Å². The average molecular weight is 905 g/mol. The van der Waals surface area contributed by atoms with Crippen molar-refractivity contribution in [1.82, 2.24) is 0 Å². The zero-order valence-corrected chi connectivity index (χ0v) is 35.5. The third-order valence-corrected chi connectivity index (χ3v) is 10.2. The van der Waals surface area contributed by atoms with E-state index in [2.05, 4.69) is 75.2 Å². The highest BCUT2D eigenvalue weighted by atomic mass is 31.2. The van der Waals surface area contributed by atoms with E-state index in [-0.39, 0.29) is 6.42 Å². The number of ether oxygens (including phenoxy) is 2. The number of phosphoric acid groups is 3. The number of terminal acetylenes is 1. The molecular weight excluding hydrogens is 853 g/mol. The van der Waals surface area contributed by atoms with Gasteiger partial charge in [-0.2, -0.15) is 0 Å². The highest BCUT2D eigenvalue weighted by Crippen LogP contribution is 2.51. The number of unbranched alkanes of at least 4 members (excludes halogenated alkanes) is 12. The average Bonchev–Trinajstić information content (AvgIpc) is 3.16. The molecule has 19 nitrogen and oxygen atoms in total. The van der Waals surface area contributed by atoms with E-state index < -0.39 is 91.3 Å². The first-order chi connectivity index (χ1) is 28.3. The molecule has 0 amide bonds. The van der Waals surface area contributed by atoms with Gasteiger partial charge >= 0.3 is 35.4 Å². The quantitative estimate of drug-likeness (QED) is 0.0203. The van der Waals surface area contributed by atoms with Gasteiger partial charge in [0.15, 0.2) is 6.10 Å². The van der Waals surface area contributed by atoms with Gasteiger partial charge in [0.1, 0.15) is 43.2 Å². The van der Waals surface area contributed by atoms with Gasteiger partial charge in [-0.25, -0.2) is 18.5 Å². The molecule has 0 aromatic rings. The van der Waals surface area contributed by atoms with Gasteiger partial charge in [0.05, 0.1) is 6.61 Å². The van der Waals surface area contributed by atoms with Crippen LogP contribution in [0.4, 0.5) is 0 Å². The minimum absolute atomic E-state index is 0.0794. The largest absolute Gasteiger partial charge is 0.472 e. The molecular formula is C38H51O19P3. The normalized spacial score (nSPS) is 21.1. The van der Waals surface area contributed by atoms with Crippen molar-refractivity contribution in [1.29, 1.82) is 0 Å². The van der Waals surface area contributed by atoms with E-state index >= 15 is 0 Å². The Kier molecular flexibility index (Phi) is 27.0. The van der Waals surface area contributed by atoms with Crippen molar-refractivity contribution in [2.24, 2.45) is 0 Å². The lowest BCUT2D eigenvalue weighted by Gasteiger charge is -2.44. The summed E-state index contributed by atoms with van der Waals surface area (Å²) >= 11 is 0. The molecule has 0 spiro atoms. The molecule has 0 saturated heterocycles. The SMILES string of the molecule is C#CC#CC#CC#CC#CC#CC(=O)OC[C@@H](COP(=O)(O)OC1C(O)[C@@H](O)C(OP(=O)(O)O)[C@@H](OP(=O)(O)O)[C@H]1O)OC(=O)CCCCCCCCCCCCCCC. The highest BCUT2D eigenvalue weighted by Gasteiger charge is 2.56. The van der Waals surface area contributed by atoms with Crippen LogP contribution in [0.1, 0.15) is 96.8 Å². The van der Waals surface area contributed by atoms with Crippen LogP contribution in [0, 0.1) is 71.5 Å². The molecule has 0 aromatic carbocycles. The summed E-state index contributed by atoms with van der Waals surface area (Å²) in [5.41, 5.74) is 0. The molecule has 22 heteroatoms. The molecule has 60 heavy (non-hydrogen) atoms. The molecule has 0 aliphatic heterocycles. The zero-order chi connectivity index (χ0) is 45.0. The fourth-order valence-electron chi connectivity index (χ4n) is 5.40. The first-order valence-corrected chi connectivity index (χ1v) is 23.4. The number of hydrogen-bond acceptors (Lipinski definition) is 14. The van der Waals surface area contributed by atoms with Crippen LogP contribution in [0.2, 0.25) is 0 Å². The highest BCUT2D eigenvalue weighted by molar-refractivity contribution is 7.47. The van der Waals surface area contributed by atoms with Crippen LogP contribution in [0.3, 0.4) is 0 Å². The Morgan fingerprint density at radius 3 is 1.50 bits per heavy atom. The molecule has 1 saturated carbocycles. The molecule has 4 unspecified atom stereocenters. The number of rotatable bonds is 26. The van der Waals surface area contributed by atoms with Gasteiger partial charge in [0.25, 0.3) is 0 Å². The predicted molar refractivity (Wildman–Crippen MR) is 211 cm³/mol. The van der Waals surface area contributed by atoms with Crippen LogP contribution in [0.5, 0.6) is 0 Å². The summed E-state index contributed by atoms with van der Waals surface area (Å²) < 4.78 is 64.4. The summed E-state index contributed by atoms with van der Waals surface area (Å²) in [6.45, 7) is 0.365. The fourth-order valence-corrected chi connectivity index (χ4v) is 7.50. The van der Waals surface area contributed by atoms with Crippen molar-refractivity contribution >= 4 is 35.4 Å². The van der Waals surface area contributed by atoms with Crippen LogP contribution in [0.25, 0.3) is 0 Å². The Balaban J connectivity index is 2.94. The second kappa shape index (κ2) is 29.7. The van der Waals surface area contributed by atoms with Gasteiger partial charge in [-0.15, -0.1) is 6.42 Å². The summed E-state index contributed by atoms with van der Waals surface area (Å²) in [7, 11) is -16.7. The molecule has 0 radical (unpaired) electrons. The topological polar surface area (TPSA) is 303 Å². The van der Waals surface area contributed by atoms with Crippen LogP contribution in [-0.2, 0) is 50.9 Å². The molecule has 0 heterocycles. The van der Waals surface area contributed by atoms with Gasteiger partial charge in [-0.1, -0.05) is 84.0 Å². The Labute approximate surface area is 349 Å². The van der Waals surface area contributed by atoms with Crippen LogP contribution in [-0.4, -0.2) is 108 Å². The first kappa shape index (κ1) is 54.5. The van der Waals surface area contributed by atoms with E-state index in [1.807, 2.05) is 5.92 Å². The summed E-state index contributed by atoms with van der Waals surface area (Å²) in [4.78, 5) is 72.2. The van der Waals surface area contributed by atoms with Crippen molar-refractivity contribution in [3.63, 3.8) is 0 Å². The van der Waals surface area contributed by atoms with Gasteiger partial charge in [-0.05, 0) is 65.6 Å². The van der Waals surface area contributed by atoms with Crippen molar-refractivity contribution in [3.05, 3.63) is 0 Å². The number of aliphatic hydroxyl groups excluding tert-OH is 3. The van der Waals surface area contributed by atoms with E-state index in [4.69, 9.17) is 24.9 Å². The lowest BCUT2D eigenvalue weighted by atomic mass is 9.85. The second-order valence-corrected chi connectivity index (χ2v) is 16.8. The minimum atomic E-state index is -5.63. The van der Waals surface area contributed by atoms with Crippen LogP contribution in [0.15, 0.2) is 0 Å². The minimum Gasteiger partial charge on any atom is -0.456 e. The van der Waals surface area contributed by atoms with Crippen molar-refractivity contribution in [3.8, 4) is 71.5 Å². The maximum Gasteiger partial charge on any atom is 0.472 e. The number of esters is 2. The van der Waals surface area contributed by atoms with E-state index in [9.17, 15) is 63.1 Å². The monoisotopic (exact) mass is 904 g/mol. The third kappa shape index (κ3) is 26.0. The Morgan fingerprint density at radius 1 is 0.583 bits per heavy atom. The Morgan fingerprint density at radius 2 is 1.02 bits per heavy atom. The molecule has 0 aromatic heterocycles. The van der Waals surface area contributed by atoms with E-state index in [1.165, 1.54) is 44.9 Å². The lowest BCUT2D eigenvalue weighted by molar-refractivity contribution is -0.213. The third-order valence-electron chi connectivity index (χ3n) is 8.14. The van der Waals surface area contributed by atoms with Gasteiger partial charge in [-0.3, -0.25) is 22.9 Å². The number of phosphoric ester groups is 3. The summed E-state index contributed by atoms with van der Waals surface area (Å²) in [5, 5.41) is 31.6. The van der Waals surface area contributed by atoms with Crippen molar-refractivity contribution in [2.45, 2.75) is 140 Å². The lowest BCUT2D eigenvalue weighted by Crippen LogP contribution is -2.65. The standard InChI is InChI=1S/C38H51O19P3/c1-3-5-7-9-11-13-15-16-17-19-21-23-25-27-32(40)54-30(28-52-31(39)26-24-22-20-18-14-12-10-8-6-4-2)29-53-60(50,51)57-36-33(41)34(42)37(55-58(44,45)46)38(35(36)43)56-59(47,48)49/h2,30,33-38,41-43H,3,5,7,9,11,13,15-17,19,21,23,25,27-29H2,1H3,(H,50,51)(H2,44,45,46)(H2,47,48,49)/t30-,33?,34+,35-,36?,37?,38-/m0/s1. The maximum atomic E-state index is 13.0. The zero-order valence-electron chi connectivity index (χ0n) is 32.8. The molecule has 1 fully saturated rings. The van der Waals surface area contributed by atoms with Gasteiger partial charge in [0.2, 0.25) is 0 Å².